The number of benzene rings is 3. The van der Waals surface area contributed by atoms with Crippen molar-refractivity contribution in [2.45, 2.75) is 23.9 Å². The first-order valence-corrected chi connectivity index (χ1v) is 15.3. The minimum Gasteiger partial charge on any atom is -0.448 e. The maximum absolute atomic E-state index is 13.9. The number of β-lactam (4-membered cyclic amide) rings is 1. The van der Waals surface area contributed by atoms with Gasteiger partial charge in [0.25, 0.3) is 5.91 Å². The van der Waals surface area contributed by atoms with Gasteiger partial charge in [-0.2, -0.15) is 11.8 Å². The van der Waals surface area contributed by atoms with Crippen molar-refractivity contribution in [1.29, 1.82) is 0 Å². The monoisotopic (exact) mass is 570 g/mol. The van der Waals surface area contributed by atoms with Gasteiger partial charge < -0.3 is 10.1 Å². The first-order chi connectivity index (χ1) is 19.6. The van der Waals surface area contributed by atoms with Crippen LogP contribution in [0.1, 0.15) is 22.8 Å². The van der Waals surface area contributed by atoms with Crippen molar-refractivity contribution in [2.75, 3.05) is 17.3 Å². The molecule has 1 unspecified atom stereocenters. The number of fused-ring (bicyclic) bond motifs is 1. The smallest absolute Gasteiger partial charge is 0.356 e. The number of thioether (sulfide) groups is 2. The molecule has 5 rings (SSSR count). The molecule has 0 aliphatic carbocycles. The molecule has 6 nitrogen and oxygen atoms in total. The third-order valence-corrected chi connectivity index (χ3v) is 9.07. The highest BCUT2D eigenvalue weighted by molar-refractivity contribution is 8.01. The Morgan fingerprint density at radius 2 is 1.60 bits per heavy atom. The van der Waals surface area contributed by atoms with Crippen molar-refractivity contribution < 1.29 is 19.1 Å². The molecule has 0 aromatic heterocycles. The number of ether oxygens (including phenoxy) is 1. The van der Waals surface area contributed by atoms with E-state index in [0.717, 1.165) is 28.0 Å². The summed E-state index contributed by atoms with van der Waals surface area (Å²) in [6.07, 6.45) is 1.37. The summed E-state index contributed by atoms with van der Waals surface area (Å²) in [5.74, 6) is 0.801. The number of carbonyl (C=O) groups excluding carboxylic acids is 3. The average Bonchev–Trinajstić information content (AvgIpc) is 2.99. The lowest BCUT2D eigenvalue weighted by Crippen LogP contribution is -2.70. The first kappa shape index (κ1) is 27.8. The fourth-order valence-corrected chi connectivity index (χ4v) is 7.05. The van der Waals surface area contributed by atoms with Crippen LogP contribution in [0, 0.1) is 0 Å². The Morgan fingerprint density at radius 3 is 2.20 bits per heavy atom. The number of nitrogens with one attached hydrogen (secondary N) is 1. The molecular weight excluding hydrogens is 540 g/mol. The molecule has 3 aromatic rings. The van der Waals surface area contributed by atoms with Gasteiger partial charge in [0.05, 0.1) is 6.42 Å². The normalized spacial score (nSPS) is 18.1. The van der Waals surface area contributed by atoms with Crippen molar-refractivity contribution in [3.05, 3.63) is 132 Å². The van der Waals surface area contributed by atoms with E-state index >= 15 is 0 Å². The summed E-state index contributed by atoms with van der Waals surface area (Å²) in [4.78, 5) is 41.6. The molecule has 1 fully saturated rings. The molecule has 2 amide bonds. The Balaban J connectivity index is 1.38. The lowest BCUT2D eigenvalue weighted by Gasteiger charge is -2.50. The molecule has 3 aromatic carbocycles. The van der Waals surface area contributed by atoms with Crippen LogP contribution in [0.25, 0.3) is 0 Å². The first-order valence-electron chi connectivity index (χ1n) is 13.1. The average molecular weight is 571 g/mol. The lowest BCUT2D eigenvalue weighted by molar-refractivity contribution is -0.154. The summed E-state index contributed by atoms with van der Waals surface area (Å²) < 4.78 is 6.18. The molecule has 2 atom stereocenters. The largest absolute Gasteiger partial charge is 0.448 e. The van der Waals surface area contributed by atoms with Gasteiger partial charge in [-0.1, -0.05) is 97.1 Å². The van der Waals surface area contributed by atoms with E-state index in [9.17, 15) is 14.4 Å². The van der Waals surface area contributed by atoms with Crippen molar-refractivity contribution in [2.24, 2.45) is 0 Å². The summed E-state index contributed by atoms with van der Waals surface area (Å²) in [5.41, 5.74) is 3.69. The zero-order chi connectivity index (χ0) is 27.9. The molecular formula is C32H30N2O4S2. The molecule has 1 N–H and O–H groups in total. The minimum absolute atomic E-state index is 0.187. The molecule has 2 heterocycles. The van der Waals surface area contributed by atoms with E-state index < -0.39 is 18.1 Å². The number of amides is 2. The van der Waals surface area contributed by atoms with E-state index in [0.29, 0.717) is 11.5 Å². The van der Waals surface area contributed by atoms with E-state index in [2.05, 4.69) is 11.9 Å². The van der Waals surface area contributed by atoms with Crippen molar-refractivity contribution in [3.8, 4) is 0 Å². The Morgan fingerprint density at radius 1 is 1.00 bits per heavy atom. The van der Waals surface area contributed by atoms with Crippen LogP contribution in [0.15, 0.2) is 115 Å². The third-order valence-electron chi connectivity index (χ3n) is 6.71. The van der Waals surface area contributed by atoms with Crippen LogP contribution >= 0.6 is 23.5 Å². The molecule has 0 bridgehead atoms. The van der Waals surface area contributed by atoms with Gasteiger partial charge in [0.15, 0.2) is 6.10 Å². The fourth-order valence-electron chi connectivity index (χ4n) is 4.80. The van der Waals surface area contributed by atoms with Gasteiger partial charge in [0.1, 0.15) is 17.1 Å². The SMILES string of the molecule is C=CCSCC1=C(C(=O)OC(c2ccccc2)c2ccccc2)N2C(=O)C(NC(=O)Cc3ccccc3)[C@@H]2SC1. The Bertz CT molecular complexity index is 1360. The van der Waals surface area contributed by atoms with Crippen molar-refractivity contribution >= 4 is 41.3 Å². The standard InChI is InChI=1S/C32H30N2O4S2/c1-2-18-39-20-25-21-40-31-27(33-26(35)19-22-12-6-3-7-13-22)30(36)34(31)28(25)32(37)38-29(23-14-8-4-9-15-23)24-16-10-5-11-17-24/h2-17,27,29,31H,1,18-21H2,(H,33,35)/t27?,31-/m0/s1. The van der Waals surface area contributed by atoms with Gasteiger partial charge in [0.2, 0.25) is 5.91 Å². The van der Waals surface area contributed by atoms with E-state index in [1.54, 1.807) is 23.5 Å². The zero-order valence-electron chi connectivity index (χ0n) is 21.9. The van der Waals surface area contributed by atoms with Crippen LogP contribution in [-0.4, -0.2) is 51.4 Å². The van der Waals surface area contributed by atoms with E-state index in [1.165, 1.54) is 4.90 Å². The molecule has 204 valence electrons. The summed E-state index contributed by atoms with van der Waals surface area (Å²) in [7, 11) is 0. The Hall–Kier alpha value is -3.75. The molecule has 0 radical (unpaired) electrons. The molecule has 2 aliphatic heterocycles. The molecule has 2 aliphatic rings. The van der Waals surface area contributed by atoms with Crippen LogP contribution in [0.4, 0.5) is 0 Å². The summed E-state index contributed by atoms with van der Waals surface area (Å²) in [6, 6.07) is 27.9. The lowest BCUT2D eigenvalue weighted by atomic mass is 10.0. The number of carbonyl (C=O) groups is 3. The predicted molar refractivity (Wildman–Crippen MR) is 161 cm³/mol. The van der Waals surface area contributed by atoms with E-state index in [4.69, 9.17) is 4.74 Å². The summed E-state index contributed by atoms with van der Waals surface area (Å²) >= 11 is 3.19. The van der Waals surface area contributed by atoms with Gasteiger partial charge in [-0.25, -0.2) is 4.79 Å². The van der Waals surface area contributed by atoms with E-state index in [1.807, 2.05) is 97.1 Å². The highest BCUT2D eigenvalue weighted by Gasteiger charge is 2.54. The number of esters is 1. The van der Waals surface area contributed by atoms with Gasteiger partial charge in [-0.15, -0.1) is 18.3 Å². The molecule has 8 heteroatoms. The van der Waals surface area contributed by atoms with Crippen molar-refractivity contribution in [1.82, 2.24) is 10.2 Å². The number of rotatable bonds is 11. The predicted octanol–water partition coefficient (Wildman–Crippen LogP) is 5.14. The molecule has 0 saturated carbocycles. The second kappa shape index (κ2) is 13.1. The van der Waals surface area contributed by atoms with Gasteiger partial charge in [-0.3, -0.25) is 14.5 Å². The maximum atomic E-state index is 13.9. The maximum Gasteiger partial charge on any atom is 0.356 e. The fraction of sp³-hybridized carbons (Fsp3) is 0.219. The molecule has 0 spiro atoms. The van der Waals surface area contributed by atoms with Crippen LogP contribution in [-0.2, 0) is 25.5 Å². The van der Waals surface area contributed by atoms with Crippen LogP contribution in [0.2, 0.25) is 0 Å². The number of hydrogen-bond acceptors (Lipinski definition) is 6. The summed E-state index contributed by atoms with van der Waals surface area (Å²) in [6.45, 7) is 3.78. The highest BCUT2D eigenvalue weighted by Crippen LogP contribution is 2.42. The Labute approximate surface area is 242 Å². The van der Waals surface area contributed by atoms with Crippen LogP contribution < -0.4 is 5.32 Å². The second-order valence-electron chi connectivity index (χ2n) is 9.48. The quantitative estimate of drug-likeness (QED) is 0.149. The second-order valence-corrected chi connectivity index (χ2v) is 11.6. The summed E-state index contributed by atoms with van der Waals surface area (Å²) in [5, 5.41) is 2.52. The van der Waals surface area contributed by atoms with Gasteiger partial charge in [0, 0.05) is 17.3 Å². The van der Waals surface area contributed by atoms with Crippen LogP contribution in [0.3, 0.4) is 0 Å². The highest BCUT2D eigenvalue weighted by atomic mass is 32.2. The number of nitrogens with zero attached hydrogens (tertiary/aromatic N) is 1. The number of hydrogen-bond donors (Lipinski definition) is 1. The molecule has 40 heavy (non-hydrogen) atoms. The molecule has 1 saturated heterocycles. The topological polar surface area (TPSA) is 75.7 Å². The minimum atomic E-state index is -0.689. The van der Waals surface area contributed by atoms with Gasteiger partial charge in [-0.05, 0) is 22.3 Å². The van der Waals surface area contributed by atoms with Crippen molar-refractivity contribution in [3.63, 3.8) is 0 Å². The van der Waals surface area contributed by atoms with E-state index in [-0.39, 0.29) is 29.3 Å². The van der Waals surface area contributed by atoms with Gasteiger partial charge >= 0.3 is 5.97 Å². The van der Waals surface area contributed by atoms with Crippen LogP contribution in [0.5, 0.6) is 0 Å². The zero-order valence-corrected chi connectivity index (χ0v) is 23.5. The third kappa shape index (κ3) is 6.18. The Kier molecular flexibility index (Phi) is 9.08.